The van der Waals surface area contributed by atoms with E-state index in [0.29, 0.717) is 32.3 Å². The van der Waals surface area contributed by atoms with Crippen LogP contribution in [0.25, 0.3) is 0 Å². The zero-order valence-electron chi connectivity index (χ0n) is 12.6. The summed E-state index contributed by atoms with van der Waals surface area (Å²) in [6.07, 6.45) is 1.08. The third-order valence-electron chi connectivity index (χ3n) is 3.09. The van der Waals surface area contributed by atoms with Crippen LogP contribution in [0, 0.1) is 0 Å². The van der Waals surface area contributed by atoms with Gasteiger partial charge in [-0.2, -0.15) is 0 Å². The second kappa shape index (κ2) is 12.0. The molecule has 0 radical (unpaired) electrons. The van der Waals surface area contributed by atoms with E-state index in [9.17, 15) is 9.59 Å². The Morgan fingerprint density at radius 1 is 1.32 bits per heavy atom. The fraction of sp³-hybridized carbons (Fsp3) is 0.467. The smallest absolute Gasteiger partial charge is 0.322 e. The van der Waals surface area contributed by atoms with E-state index >= 15 is 0 Å². The van der Waals surface area contributed by atoms with Crippen molar-refractivity contribution in [3.05, 3.63) is 35.9 Å². The Balaban J connectivity index is 0.00000441. The summed E-state index contributed by atoms with van der Waals surface area (Å²) in [7, 11) is 1.36. The minimum Gasteiger partial charge on any atom is -0.468 e. The van der Waals surface area contributed by atoms with Gasteiger partial charge in [0, 0.05) is 6.54 Å². The van der Waals surface area contributed by atoms with Gasteiger partial charge in [-0.25, -0.2) is 0 Å². The molecule has 1 aromatic rings. The molecule has 0 aliphatic rings. The molecule has 3 N–H and O–H groups in total. The lowest BCUT2D eigenvalue weighted by Crippen LogP contribution is -2.37. The molecule has 0 heterocycles. The summed E-state index contributed by atoms with van der Waals surface area (Å²) in [5, 5.41) is 3.17. The lowest BCUT2D eigenvalue weighted by atomic mass is 10.1. The van der Waals surface area contributed by atoms with Crippen molar-refractivity contribution in [1.29, 1.82) is 0 Å². The van der Waals surface area contributed by atoms with Crippen LogP contribution in [-0.4, -0.2) is 31.8 Å². The van der Waals surface area contributed by atoms with Gasteiger partial charge >= 0.3 is 5.97 Å². The fourth-order valence-corrected chi connectivity index (χ4v) is 1.94. The topological polar surface area (TPSA) is 90.7 Å². The predicted octanol–water partition coefficient (Wildman–Crippen LogP) is 1.37. The van der Waals surface area contributed by atoms with E-state index in [4.69, 9.17) is 10.5 Å². The van der Waals surface area contributed by atoms with Crippen LogP contribution in [0.5, 0.6) is 0 Å². The number of carbonyl (C=O) groups is 2. The highest BCUT2D eigenvalue weighted by Crippen LogP contribution is 2.07. The van der Waals surface area contributed by atoms with Crippen LogP contribution < -0.4 is 11.1 Å². The Kier molecular flexibility index (Phi) is 11.1. The maximum atomic E-state index is 11.7. The number of halogens is 1. The van der Waals surface area contributed by atoms with E-state index in [0.717, 1.165) is 5.56 Å². The van der Waals surface area contributed by atoms with Crippen LogP contribution >= 0.6 is 12.4 Å². The van der Waals surface area contributed by atoms with Crippen molar-refractivity contribution in [2.75, 3.05) is 7.11 Å². The molecule has 1 rings (SSSR count). The van der Waals surface area contributed by atoms with Gasteiger partial charge in [0.25, 0.3) is 6.47 Å². The molecule has 2 atom stereocenters. The number of hydrogen-bond acceptors (Lipinski definition) is 6. The third-order valence-corrected chi connectivity index (χ3v) is 3.09. The first-order valence-electron chi connectivity index (χ1n) is 6.87. The fourth-order valence-electron chi connectivity index (χ4n) is 1.94. The zero-order chi connectivity index (χ0) is 15.5. The van der Waals surface area contributed by atoms with Crippen LogP contribution in [0.2, 0.25) is 0 Å². The van der Waals surface area contributed by atoms with Gasteiger partial charge in [-0.3, -0.25) is 15.3 Å². The van der Waals surface area contributed by atoms with Crippen molar-refractivity contribution in [3.8, 4) is 0 Å². The summed E-state index contributed by atoms with van der Waals surface area (Å²) in [6.45, 7) is 0.910. The quantitative estimate of drug-likeness (QED) is 0.382. The maximum absolute atomic E-state index is 11.7. The van der Waals surface area contributed by atoms with Crippen molar-refractivity contribution >= 4 is 24.8 Å². The molecule has 22 heavy (non-hydrogen) atoms. The molecular weight excluding hydrogens is 308 g/mol. The Hall–Kier alpha value is -1.63. The number of benzene rings is 1. The van der Waals surface area contributed by atoms with Crippen LogP contribution in [0.15, 0.2) is 30.3 Å². The summed E-state index contributed by atoms with van der Waals surface area (Å²) in [5.74, 6) is -0.309. The number of carbonyl (C=O) groups excluding carboxylic acids is 2. The van der Waals surface area contributed by atoms with Gasteiger partial charge in [0.05, 0.1) is 7.11 Å². The highest BCUT2D eigenvalue weighted by molar-refractivity contribution is 5.85. The molecule has 0 aliphatic heterocycles. The van der Waals surface area contributed by atoms with E-state index in [-0.39, 0.29) is 18.4 Å². The predicted molar refractivity (Wildman–Crippen MR) is 85.3 cm³/mol. The first-order valence-corrected chi connectivity index (χ1v) is 6.87. The zero-order valence-corrected chi connectivity index (χ0v) is 13.4. The van der Waals surface area contributed by atoms with E-state index in [1.165, 1.54) is 7.11 Å². The van der Waals surface area contributed by atoms with E-state index in [1.54, 1.807) is 0 Å². The molecule has 0 amide bonds. The van der Waals surface area contributed by atoms with Crippen molar-refractivity contribution in [3.63, 3.8) is 0 Å². The van der Waals surface area contributed by atoms with Crippen molar-refractivity contribution in [1.82, 2.24) is 5.32 Å². The SMILES string of the molecule is COC(=O)[C@H](CCCC(N)OC=O)NCc1ccccc1.Cl. The molecule has 0 saturated carbocycles. The van der Waals surface area contributed by atoms with Gasteiger partial charge in [-0.1, -0.05) is 30.3 Å². The number of nitrogens with one attached hydrogen (secondary N) is 1. The largest absolute Gasteiger partial charge is 0.468 e. The lowest BCUT2D eigenvalue weighted by molar-refractivity contribution is -0.143. The van der Waals surface area contributed by atoms with Gasteiger partial charge < -0.3 is 14.8 Å². The first-order chi connectivity index (χ1) is 10.2. The Morgan fingerprint density at radius 3 is 2.59 bits per heavy atom. The molecule has 0 fully saturated rings. The molecule has 124 valence electrons. The summed E-state index contributed by atoms with van der Waals surface area (Å²) in [5.41, 5.74) is 6.64. The molecule has 0 saturated heterocycles. The second-order valence-electron chi connectivity index (χ2n) is 4.64. The van der Waals surface area contributed by atoms with Gasteiger partial charge in [-0.15, -0.1) is 12.4 Å². The third kappa shape index (κ3) is 7.97. The normalized spacial score (nSPS) is 12.6. The molecule has 1 unspecified atom stereocenters. The summed E-state index contributed by atoms with van der Waals surface area (Å²) in [4.78, 5) is 21.9. The molecule has 1 aromatic carbocycles. The molecule has 6 nitrogen and oxygen atoms in total. The van der Waals surface area contributed by atoms with Crippen LogP contribution in [-0.2, 0) is 25.6 Å². The lowest BCUT2D eigenvalue weighted by Gasteiger charge is -2.17. The summed E-state index contributed by atoms with van der Waals surface area (Å²) < 4.78 is 9.39. The van der Waals surface area contributed by atoms with Gasteiger partial charge in [-0.05, 0) is 24.8 Å². The van der Waals surface area contributed by atoms with Gasteiger partial charge in [0.2, 0.25) is 0 Å². The van der Waals surface area contributed by atoms with Gasteiger partial charge in [0.1, 0.15) is 6.04 Å². The number of ether oxygens (including phenoxy) is 2. The van der Waals surface area contributed by atoms with Crippen LogP contribution in [0.1, 0.15) is 24.8 Å². The Labute approximate surface area is 136 Å². The second-order valence-corrected chi connectivity index (χ2v) is 4.64. The van der Waals surface area contributed by atoms with E-state index in [1.807, 2.05) is 30.3 Å². The number of methoxy groups -OCH3 is 1. The highest BCUT2D eigenvalue weighted by Gasteiger charge is 2.18. The number of rotatable bonds is 10. The molecular formula is C15H23ClN2O4. The molecule has 0 spiro atoms. The van der Waals surface area contributed by atoms with Crippen molar-refractivity contribution in [2.45, 2.75) is 38.1 Å². The average Bonchev–Trinajstić information content (AvgIpc) is 2.51. The molecule has 7 heteroatoms. The highest BCUT2D eigenvalue weighted by atomic mass is 35.5. The number of esters is 1. The van der Waals surface area contributed by atoms with Crippen LogP contribution in [0.3, 0.4) is 0 Å². The number of hydrogen-bond donors (Lipinski definition) is 2. The number of nitrogens with two attached hydrogens (primary N) is 1. The Morgan fingerprint density at radius 2 is 2.00 bits per heavy atom. The summed E-state index contributed by atoms with van der Waals surface area (Å²) >= 11 is 0. The van der Waals surface area contributed by atoms with E-state index in [2.05, 4.69) is 10.1 Å². The molecule has 0 aliphatic carbocycles. The monoisotopic (exact) mass is 330 g/mol. The standard InChI is InChI=1S/C15H22N2O4.ClH/c1-20-15(19)13(8-5-9-14(16)21-11-18)17-10-12-6-3-2-4-7-12;/h2-4,6-7,11,13-14,17H,5,8-10,16H2,1H3;1H/t13-,14?;/m0./s1. The maximum Gasteiger partial charge on any atom is 0.322 e. The van der Waals surface area contributed by atoms with Crippen molar-refractivity contribution < 1.29 is 19.1 Å². The van der Waals surface area contributed by atoms with Crippen LogP contribution in [0.4, 0.5) is 0 Å². The molecule has 0 bridgehead atoms. The minimum absolute atomic E-state index is 0. The minimum atomic E-state index is -0.630. The first kappa shape index (κ1) is 20.4. The van der Waals surface area contributed by atoms with E-state index < -0.39 is 12.3 Å². The summed E-state index contributed by atoms with van der Waals surface area (Å²) in [6, 6.07) is 9.39. The van der Waals surface area contributed by atoms with Crippen molar-refractivity contribution in [2.24, 2.45) is 5.73 Å². The average molecular weight is 331 g/mol. The molecule has 0 aromatic heterocycles. The Bertz CT molecular complexity index is 431. The van der Waals surface area contributed by atoms with Gasteiger partial charge in [0.15, 0.2) is 6.23 Å².